The third-order valence-corrected chi connectivity index (χ3v) is 8.67. The van der Waals surface area contributed by atoms with Gasteiger partial charge in [-0.25, -0.2) is 4.39 Å². The van der Waals surface area contributed by atoms with Crippen molar-refractivity contribution >= 4 is 13.3 Å². The van der Waals surface area contributed by atoms with Crippen LogP contribution in [0.2, 0.25) is 18.6 Å². The molecule has 0 amide bonds. The van der Waals surface area contributed by atoms with Gasteiger partial charge in [0, 0.05) is 0 Å². The zero-order chi connectivity index (χ0) is 12.3. The van der Waals surface area contributed by atoms with Crippen LogP contribution in [0.5, 0.6) is 0 Å². The highest BCUT2D eigenvalue weighted by molar-refractivity contribution is 6.90. The van der Waals surface area contributed by atoms with Gasteiger partial charge in [0.1, 0.15) is 5.82 Å². The first-order valence-electron chi connectivity index (χ1n) is 6.24. The Balaban J connectivity index is 3.26. The van der Waals surface area contributed by atoms with Crippen LogP contribution in [-0.4, -0.2) is 8.07 Å². The summed E-state index contributed by atoms with van der Waals surface area (Å²) in [4.78, 5) is 0. The predicted molar refractivity (Wildman–Crippen MR) is 72.7 cm³/mol. The second-order valence-electron chi connectivity index (χ2n) is 5.16. The summed E-state index contributed by atoms with van der Waals surface area (Å²) in [6.45, 7) is 11.0. The van der Waals surface area contributed by atoms with Gasteiger partial charge in [0.25, 0.3) is 0 Å². The zero-order valence-electron chi connectivity index (χ0n) is 11.1. The lowest BCUT2D eigenvalue weighted by molar-refractivity contribution is 0.633. The van der Waals surface area contributed by atoms with E-state index in [0.717, 1.165) is 17.3 Å². The molecule has 2 heteroatoms. The maximum Gasteiger partial charge on any atom is 0.122 e. The van der Waals surface area contributed by atoms with Gasteiger partial charge in [-0.1, -0.05) is 58.5 Å². The molecule has 0 heterocycles. The van der Waals surface area contributed by atoms with Crippen LogP contribution in [0, 0.1) is 5.82 Å². The summed E-state index contributed by atoms with van der Waals surface area (Å²) in [5, 5.41) is 1.02. The van der Waals surface area contributed by atoms with Crippen LogP contribution in [0.15, 0.2) is 18.2 Å². The summed E-state index contributed by atoms with van der Waals surface area (Å²) in [6, 6.07) is 7.91. The third kappa shape index (κ3) is 2.54. The van der Waals surface area contributed by atoms with E-state index < -0.39 is 8.07 Å². The molecule has 0 radical (unpaired) electrons. The molecule has 1 aromatic rings. The molecular formula is C14H23FSi. The fraction of sp³-hybridized carbons (Fsp3) is 0.571. The Labute approximate surface area is 99.9 Å². The molecule has 0 saturated heterocycles. The molecule has 90 valence electrons. The SMILES string of the molecule is CC[Si](C)(CC)c1cc(C(C)C)ccc1F. The minimum Gasteiger partial charge on any atom is -0.207 e. The maximum atomic E-state index is 13.9. The van der Waals surface area contributed by atoms with Crippen molar-refractivity contribution in [2.45, 2.75) is 52.2 Å². The van der Waals surface area contributed by atoms with E-state index in [4.69, 9.17) is 0 Å². The molecule has 0 N–H and O–H groups in total. The second kappa shape index (κ2) is 5.13. The maximum absolute atomic E-state index is 13.9. The summed E-state index contributed by atoms with van der Waals surface area (Å²) in [5.74, 6) is 0.480. The highest BCUT2D eigenvalue weighted by atomic mass is 28.3. The summed E-state index contributed by atoms with van der Waals surface area (Å²) in [6.07, 6.45) is 0. The van der Waals surface area contributed by atoms with Crippen molar-refractivity contribution in [2.75, 3.05) is 0 Å². The highest BCUT2D eigenvalue weighted by Crippen LogP contribution is 2.20. The molecule has 0 unspecified atom stereocenters. The summed E-state index contributed by atoms with van der Waals surface area (Å²) < 4.78 is 13.9. The van der Waals surface area contributed by atoms with Crippen LogP contribution in [0.25, 0.3) is 0 Å². The molecule has 0 fully saturated rings. The van der Waals surface area contributed by atoms with E-state index in [0.29, 0.717) is 5.92 Å². The molecule has 16 heavy (non-hydrogen) atoms. The van der Waals surface area contributed by atoms with E-state index in [1.165, 1.54) is 5.56 Å². The van der Waals surface area contributed by atoms with Crippen LogP contribution in [0.1, 0.15) is 39.2 Å². The Morgan fingerprint density at radius 1 is 1.19 bits per heavy atom. The summed E-state index contributed by atoms with van der Waals surface area (Å²) in [7, 11) is -1.57. The van der Waals surface area contributed by atoms with Gasteiger partial charge in [0.2, 0.25) is 0 Å². The highest BCUT2D eigenvalue weighted by Gasteiger charge is 2.28. The van der Waals surface area contributed by atoms with Crippen molar-refractivity contribution in [3.63, 3.8) is 0 Å². The lowest BCUT2D eigenvalue weighted by atomic mass is 10.0. The first-order chi connectivity index (χ1) is 7.44. The van der Waals surface area contributed by atoms with E-state index >= 15 is 0 Å². The van der Waals surface area contributed by atoms with Gasteiger partial charge in [-0.05, 0) is 22.7 Å². The van der Waals surface area contributed by atoms with Gasteiger partial charge in [-0.2, -0.15) is 0 Å². The van der Waals surface area contributed by atoms with Crippen molar-refractivity contribution in [1.82, 2.24) is 0 Å². The van der Waals surface area contributed by atoms with Gasteiger partial charge in [0.15, 0.2) is 0 Å². The fourth-order valence-electron chi connectivity index (χ4n) is 2.00. The average Bonchev–Trinajstić information content (AvgIpc) is 2.28. The molecule has 0 atom stereocenters. The predicted octanol–water partition coefficient (Wildman–Crippen LogP) is 4.27. The largest absolute Gasteiger partial charge is 0.207 e. The van der Waals surface area contributed by atoms with E-state index in [9.17, 15) is 4.39 Å². The summed E-state index contributed by atoms with van der Waals surface area (Å²) >= 11 is 0. The number of hydrogen-bond acceptors (Lipinski definition) is 0. The molecule has 1 aromatic carbocycles. The standard InChI is InChI=1S/C14H23FSi/c1-6-16(5,7-2)14-10-12(11(3)4)8-9-13(14)15/h8-11H,6-7H2,1-5H3. The van der Waals surface area contributed by atoms with Crippen LogP contribution in [-0.2, 0) is 0 Å². The van der Waals surface area contributed by atoms with Gasteiger partial charge in [-0.15, -0.1) is 0 Å². The monoisotopic (exact) mass is 238 g/mol. The number of halogens is 1. The molecule has 0 aliphatic heterocycles. The second-order valence-corrected chi connectivity index (χ2v) is 10.2. The smallest absolute Gasteiger partial charge is 0.122 e. The molecule has 1 rings (SSSR count). The Bertz CT molecular complexity index is 354. The Kier molecular flexibility index (Phi) is 4.31. The van der Waals surface area contributed by atoms with Crippen LogP contribution in [0.4, 0.5) is 4.39 Å². The van der Waals surface area contributed by atoms with Crippen molar-refractivity contribution in [3.8, 4) is 0 Å². The Morgan fingerprint density at radius 3 is 2.19 bits per heavy atom. The van der Waals surface area contributed by atoms with Crippen molar-refractivity contribution in [3.05, 3.63) is 29.6 Å². The normalized spacial score (nSPS) is 12.2. The van der Waals surface area contributed by atoms with Gasteiger partial charge >= 0.3 is 0 Å². The molecule has 0 bridgehead atoms. The van der Waals surface area contributed by atoms with Crippen molar-refractivity contribution < 1.29 is 4.39 Å². The first kappa shape index (κ1) is 13.4. The minimum atomic E-state index is -1.57. The first-order valence-corrected chi connectivity index (χ1v) is 9.16. The zero-order valence-corrected chi connectivity index (χ0v) is 12.1. The lowest BCUT2D eigenvalue weighted by Gasteiger charge is -2.26. The van der Waals surface area contributed by atoms with Crippen LogP contribution in [0.3, 0.4) is 0 Å². The van der Waals surface area contributed by atoms with Crippen molar-refractivity contribution in [2.24, 2.45) is 0 Å². The average molecular weight is 238 g/mol. The van der Waals surface area contributed by atoms with Gasteiger partial charge in [-0.3, -0.25) is 0 Å². The molecule has 0 saturated carbocycles. The van der Waals surface area contributed by atoms with Crippen LogP contribution < -0.4 is 5.19 Å². The third-order valence-electron chi connectivity index (χ3n) is 3.87. The summed E-state index contributed by atoms with van der Waals surface area (Å²) in [5.41, 5.74) is 1.26. The van der Waals surface area contributed by atoms with E-state index in [-0.39, 0.29) is 5.82 Å². The molecule has 0 aliphatic carbocycles. The number of rotatable bonds is 4. The van der Waals surface area contributed by atoms with E-state index in [1.54, 1.807) is 6.07 Å². The fourth-order valence-corrected chi connectivity index (χ4v) is 4.43. The van der Waals surface area contributed by atoms with Gasteiger partial charge in [0.05, 0.1) is 8.07 Å². The van der Waals surface area contributed by atoms with Crippen molar-refractivity contribution in [1.29, 1.82) is 0 Å². The van der Waals surface area contributed by atoms with E-state index in [1.807, 2.05) is 6.07 Å². The quantitative estimate of drug-likeness (QED) is 0.687. The van der Waals surface area contributed by atoms with Gasteiger partial charge < -0.3 is 0 Å². The number of hydrogen-bond donors (Lipinski definition) is 0. The molecule has 0 nitrogen and oxygen atoms in total. The topological polar surface area (TPSA) is 0 Å². The number of benzene rings is 1. The Hall–Kier alpha value is -0.633. The van der Waals surface area contributed by atoms with E-state index in [2.05, 4.69) is 40.3 Å². The minimum absolute atomic E-state index is 0.00210. The molecular weight excluding hydrogens is 215 g/mol. The Morgan fingerprint density at radius 2 is 1.75 bits per heavy atom. The lowest BCUT2D eigenvalue weighted by Crippen LogP contribution is -2.45. The van der Waals surface area contributed by atoms with Crippen LogP contribution >= 0.6 is 0 Å². The molecule has 0 aromatic heterocycles. The molecule has 0 spiro atoms. The molecule has 0 aliphatic rings.